The van der Waals surface area contributed by atoms with Crippen molar-refractivity contribution < 1.29 is 9.53 Å². The zero-order valence-corrected chi connectivity index (χ0v) is 15.3. The average molecular weight is 388 g/mol. The van der Waals surface area contributed by atoms with E-state index in [9.17, 15) is 4.79 Å². The molecule has 0 radical (unpaired) electrons. The molecule has 1 aliphatic heterocycles. The number of rotatable bonds is 4. The maximum atomic E-state index is 11.7. The summed E-state index contributed by atoms with van der Waals surface area (Å²) in [4.78, 5) is 27.5. The van der Waals surface area contributed by atoms with Gasteiger partial charge in [0.15, 0.2) is 5.13 Å². The number of halogens is 1. The summed E-state index contributed by atoms with van der Waals surface area (Å²) >= 11 is 7.41. The van der Waals surface area contributed by atoms with E-state index < -0.39 is 0 Å². The summed E-state index contributed by atoms with van der Waals surface area (Å²) in [5, 5.41) is 4.38. The summed E-state index contributed by atoms with van der Waals surface area (Å²) in [5.41, 5.74) is 2.34. The lowest BCUT2D eigenvalue weighted by molar-refractivity contribution is 0.181. The van der Waals surface area contributed by atoms with Crippen molar-refractivity contribution in [1.29, 1.82) is 0 Å². The van der Waals surface area contributed by atoms with Gasteiger partial charge in [0.05, 0.1) is 22.8 Å². The normalized spacial score (nSPS) is 13.8. The van der Waals surface area contributed by atoms with E-state index >= 15 is 0 Å². The van der Waals surface area contributed by atoms with Crippen LogP contribution in [0.3, 0.4) is 0 Å². The molecular formula is C17H14ClN5O2S. The third kappa shape index (κ3) is 3.33. The summed E-state index contributed by atoms with van der Waals surface area (Å²) in [6.45, 7) is 2.79. The van der Waals surface area contributed by atoms with Crippen molar-refractivity contribution in [3.63, 3.8) is 0 Å². The molecule has 4 rings (SSSR count). The van der Waals surface area contributed by atoms with Crippen LogP contribution in [0.15, 0.2) is 36.5 Å². The summed E-state index contributed by atoms with van der Waals surface area (Å²) in [5.74, 6) is 0.458. The van der Waals surface area contributed by atoms with Crippen molar-refractivity contribution in [2.45, 2.75) is 6.92 Å². The fourth-order valence-electron chi connectivity index (χ4n) is 2.54. The molecule has 132 valence electrons. The van der Waals surface area contributed by atoms with Gasteiger partial charge in [-0.2, -0.15) is 0 Å². The number of ether oxygens (including phenoxy) is 1. The number of nitrogens with zero attached hydrogens (tertiary/aromatic N) is 4. The Morgan fingerprint density at radius 2 is 2.19 bits per heavy atom. The van der Waals surface area contributed by atoms with Crippen LogP contribution in [0, 0.1) is 6.92 Å². The van der Waals surface area contributed by atoms with Crippen LogP contribution in [-0.4, -0.2) is 34.2 Å². The zero-order valence-electron chi connectivity index (χ0n) is 13.8. The lowest BCUT2D eigenvalue weighted by atomic mass is 10.3. The first-order chi connectivity index (χ1) is 12.6. The molecule has 0 bridgehead atoms. The van der Waals surface area contributed by atoms with Crippen molar-refractivity contribution in [3.05, 3.63) is 47.2 Å². The van der Waals surface area contributed by atoms with Crippen molar-refractivity contribution in [3.8, 4) is 10.6 Å². The SMILES string of the molecule is Cc1nc(N2CCOC2=O)sc1-c1ccnc(Nc2cccc(Cl)c2)n1. The minimum Gasteiger partial charge on any atom is -0.447 e. The third-order valence-corrected chi connectivity index (χ3v) is 5.18. The molecule has 9 heteroatoms. The largest absolute Gasteiger partial charge is 0.447 e. The van der Waals surface area contributed by atoms with Crippen molar-refractivity contribution in [2.24, 2.45) is 0 Å². The van der Waals surface area contributed by atoms with Gasteiger partial charge in [-0.15, -0.1) is 0 Å². The van der Waals surface area contributed by atoms with E-state index in [1.165, 1.54) is 16.2 Å². The Kier molecular flexibility index (Phi) is 4.44. The van der Waals surface area contributed by atoms with Crippen LogP contribution >= 0.6 is 22.9 Å². The molecule has 1 saturated heterocycles. The first-order valence-electron chi connectivity index (χ1n) is 7.88. The molecule has 1 N–H and O–H groups in total. The molecule has 1 amide bonds. The molecule has 0 spiro atoms. The summed E-state index contributed by atoms with van der Waals surface area (Å²) in [6, 6.07) is 9.15. The number of cyclic esters (lactones) is 1. The van der Waals surface area contributed by atoms with Gasteiger partial charge in [0.25, 0.3) is 0 Å². The number of aromatic nitrogens is 3. The fraction of sp³-hybridized carbons (Fsp3) is 0.176. The van der Waals surface area contributed by atoms with Gasteiger partial charge in [-0.3, -0.25) is 0 Å². The molecule has 0 unspecified atom stereocenters. The van der Waals surface area contributed by atoms with Crippen molar-refractivity contribution in [1.82, 2.24) is 15.0 Å². The summed E-state index contributed by atoms with van der Waals surface area (Å²) in [7, 11) is 0. The molecule has 0 aliphatic carbocycles. The number of amides is 1. The highest BCUT2D eigenvalue weighted by Gasteiger charge is 2.27. The Hall–Kier alpha value is -2.71. The van der Waals surface area contributed by atoms with E-state index in [2.05, 4.69) is 20.3 Å². The van der Waals surface area contributed by atoms with E-state index in [-0.39, 0.29) is 6.09 Å². The maximum Gasteiger partial charge on any atom is 0.416 e. The highest BCUT2D eigenvalue weighted by Crippen LogP contribution is 2.35. The van der Waals surface area contributed by atoms with Gasteiger partial charge < -0.3 is 10.1 Å². The minimum absolute atomic E-state index is 0.365. The number of aryl methyl sites for hydroxylation is 1. The predicted octanol–water partition coefficient (Wildman–Crippen LogP) is 4.26. The Morgan fingerprint density at radius 3 is 2.96 bits per heavy atom. The predicted molar refractivity (Wildman–Crippen MR) is 101 cm³/mol. The number of benzene rings is 1. The Labute approximate surface area is 158 Å². The number of thiazole rings is 1. The number of hydrogen-bond acceptors (Lipinski definition) is 7. The molecule has 1 aromatic carbocycles. The van der Waals surface area contributed by atoms with Crippen molar-refractivity contribution >= 4 is 45.8 Å². The second-order valence-electron chi connectivity index (χ2n) is 5.58. The highest BCUT2D eigenvalue weighted by molar-refractivity contribution is 7.19. The molecule has 26 heavy (non-hydrogen) atoms. The second kappa shape index (κ2) is 6.89. The highest BCUT2D eigenvalue weighted by atomic mass is 35.5. The lowest BCUT2D eigenvalue weighted by Crippen LogP contribution is -2.22. The lowest BCUT2D eigenvalue weighted by Gasteiger charge is -2.07. The first kappa shape index (κ1) is 16.7. The number of nitrogens with one attached hydrogen (secondary N) is 1. The van der Waals surface area contributed by atoms with Crippen LogP contribution in [0.2, 0.25) is 5.02 Å². The summed E-state index contributed by atoms with van der Waals surface area (Å²) < 4.78 is 4.98. The minimum atomic E-state index is -0.365. The molecule has 3 heterocycles. The van der Waals surface area contributed by atoms with Crippen LogP contribution < -0.4 is 10.2 Å². The van der Waals surface area contributed by atoms with Crippen LogP contribution in [0.25, 0.3) is 10.6 Å². The molecule has 7 nitrogen and oxygen atoms in total. The molecule has 1 fully saturated rings. The van der Waals surface area contributed by atoms with E-state index in [4.69, 9.17) is 16.3 Å². The molecule has 1 aliphatic rings. The summed E-state index contributed by atoms with van der Waals surface area (Å²) in [6.07, 6.45) is 1.31. The van der Waals surface area contributed by atoms with E-state index in [0.717, 1.165) is 22.0 Å². The van der Waals surface area contributed by atoms with E-state index in [1.807, 2.05) is 25.1 Å². The quantitative estimate of drug-likeness (QED) is 0.720. The molecule has 3 aromatic rings. The Morgan fingerprint density at radius 1 is 1.31 bits per heavy atom. The van der Waals surface area contributed by atoms with Gasteiger partial charge in [0.2, 0.25) is 5.95 Å². The smallest absolute Gasteiger partial charge is 0.416 e. The molecule has 2 aromatic heterocycles. The van der Waals surface area contributed by atoms with Gasteiger partial charge in [-0.25, -0.2) is 24.6 Å². The number of anilines is 3. The van der Waals surface area contributed by atoms with Crippen molar-refractivity contribution in [2.75, 3.05) is 23.4 Å². The van der Waals surface area contributed by atoms with Crippen LogP contribution in [-0.2, 0) is 4.74 Å². The number of hydrogen-bond donors (Lipinski definition) is 1. The Balaban J connectivity index is 1.62. The van der Waals surface area contributed by atoms with E-state index in [1.54, 1.807) is 18.3 Å². The molecule has 0 atom stereocenters. The molecule has 0 saturated carbocycles. The van der Waals surface area contributed by atoms with Gasteiger partial charge in [-0.05, 0) is 31.2 Å². The van der Waals surface area contributed by atoms with Crippen LogP contribution in [0.5, 0.6) is 0 Å². The fourth-order valence-corrected chi connectivity index (χ4v) is 3.79. The van der Waals surface area contributed by atoms with Gasteiger partial charge in [0.1, 0.15) is 6.61 Å². The Bertz CT molecular complexity index is 977. The number of carbonyl (C=O) groups excluding carboxylic acids is 1. The van der Waals surface area contributed by atoms with E-state index in [0.29, 0.717) is 29.3 Å². The second-order valence-corrected chi connectivity index (χ2v) is 6.99. The number of carbonyl (C=O) groups is 1. The van der Waals surface area contributed by atoms with Gasteiger partial charge in [-0.1, -0.05) is 29.0 Å². The third-order valence-electron chi connectivity index (χ3n) is 3.75. The zero-order chi connectivity index (χ0) is 18.1. The van der Waals surface area contributed by atoms with Gasteiger partial charge in [0, 0.05) is 16.9 Å². The van der Waals surface area contributed by atoms with Crippen LogP contribution in [0.1, 0.15) is 5.69 Å². The van der Waals surface area contributed by atoms with Crippen LogP contribution in [0.4, 0.5) is 21.6 Å². The monoisotopic (exact) mass is 387 g/mol. The standard InChI is InChI=1S/C17H14ClN5O2S/c1-10-14(26-16(20-10)23-7-8-25-17(23)24)13-5-6-19-15(22-13)21-12-4-2-3-11(18)9-12/h2-6,9H,7-8H2,1H3,(H,19,21,22). The topological polar surface area (TPSA) is 80.2 Å². The van der Waals surface area contributed by atoms with Gasteiger partial charge >= 0.3 is 6.09 Å². The average Bonchev–Trinajstić information content (AvgIpc) is 3.20. The molecular weight excluding hydrogens is 374 g/mol. The first-order valence-corrected chi connectivity index (χ1v) is 9.07. The maximum absolute atomic E-state index is 11.7.